The Hall–Kier alpha value is -2.58. The molecule has 2 amide bonds. The van der Waals surface area contributed by atoms with Gasteiger partial charge < -0.3 is 15.1 Å². The SMILES string of the molecule is Cc1ccccc1C(=O)N1CCN(c2ccc(NC(=O)c3cccc(I)c3)cc2Cl)CC1. The normalized spacial score (nSPS) is 13.7. The largest absolute Gasteiger partial charge is 0.367 e. The van der Waals surface area contributed by atoms with Crippen molar-refractivity contribution >= 4 is 57.4 Å². The van der Waals surface area contributed by atoms with Crippen LogP contribution in [0.25, 0.3) is 0 Å². The number of nitrogens with one attached hydrogen (secondary N) is 1. The molecular weight excluding hydrogens is 537 g/mol. The Morgan fingerprint density at radius 2 is 1.69 bits per heavy atom. The lowest BCUT2D eigenvalue weighted by molar-refractivity contribution is 0.0746. The highest BCUT2D eigenvalue weighted by Gasteiger charge is 2.24. The predicted octanol–water partition coefficient (Wildman–Crippen LogP) is 5.47. The first-order valence-corrected chi connectivity index (χ1v) is 11.8. The van der Waals surface area contributed by atoms with Gasteiger partial charge in [-0.3, -0.25) is 9.59 Å². The molecule has 5 nitrogen and oxygen atoms in total. The van der Waals surface area contributed by atoms with Gasteiger partial charge >= 0.3 is 0 Å². The number of anilines is 2. The maximum atomic E-state index is 12.9. The molecule has 1 heterocycles. The number of amides is 2. The Morgan fingerprint density at radius 3 is 2.38 bits per heavy atom. The van der Waals surface area contributed by atoms with Crippen LogP contribution in [0, 0.1) is 10.5 Å². The molecule has 0 aliphatic carbocycles. The van der Waals surface area contributed by atoms with E-state index in [9.17, 15) is 9.59 Å². The van der Waals surface area contributed by atoms with Crippen LogP contribution >= 0.6 is 34.2 Å². The molecule has 7 heteroatoms. The molecule has 1 fully saturated rings. The van der Waals surface area contributed by atoms with E-state index in [1.807, 2.05) is 66.4 Å². The van der Waals surface area contributed by atoms with Crippen LogP contribution in [0.15, 0.2) is 66.7 Å². The van der Waals surface area contributed by atoms with Gasteiger partial charge in [0.2, 0.25) is 0 Å². The van der Waals surface area contributed by atoms with Crippen LogP contribution in [0.5, 0.6) is 0 Å². The number of rotatable bonds is 4. The zero-order chi connectivity index (χ0) is 22.7. The van der Waals surface area contributed by atoms with Gasteiger partial charge in [0.05, 0.1) is 10.7 Å². The van der Waals surface area contributed by atoms with E-state index in [1.165, 1.54) is 0 Å². The summed E-state index contributed by atoms with van der Waals surface area (Å²) in [6.07, 6.45) is 0. The summed E-state index contributed by atoms with van der Waals surface area (Å²) in [5.74, 6) is -0.0989. The Kier molecular flexibility index (Phi) is 7.01. The molecule has 3 aromatic carbocycles. The highest BCUT2D eigenvalue weighted by molar-refractivity contribution is 14.1. The van der Waals surface area contributed by atoms with Crippen molar-refractivity contribution < 1.29 is 9.59 Å². The number of hydrogen-bond acceptors (Lipinski definition) is 3. The molecule has 4 rings (SSSR count). The third-order valence-electron chi connectivity index (χ3n) is 5.58. The molecule has 0 aromatic heterocycles. The number of halogens is 2. The minimum atomic E-state index is -0.171. The van der Waals surface area contributed by atoms with Gasteiger partial charge in [-0.1, -0.05) is 35.9 Å². The summed E-state index contributed by atoms with van der Waals surface area (Å²) in [4.78, 5) is 29.4. The molecule has 1 aliphatic rings. The van der Waals surface area contributed by atoms with Crippen LogP contribution in [0.2, 0.25) is 5.02 Å². The zero-order valence-corrected chi connectivity index (χ0v) is 20.6. The van der Waals surface area contributed by atoms with E-state index in [0.29, 0.717) is 42.5 Å². The number of carbonyl (C=O) groups is 2. The third-order valence-corrected chi connectivity index (χ3v) is 6.55. The molecule has 1 saturated heterocycles. The van der Waals surface area contributed by atoms with E-state index < -0.39 is 0 Å². The van der Waals surface area contributed by atoms with Crippen molar-refractivity contribution in [3.05, 3.63) is 92.0 Å². The monoisotopic (exact) mass is 559 g/mol. The lowest BCUT2D eigenvalue weighted by Crippen LogP contribution is -2.49. The second-order valence-corrected chi connectivity index (χ2v) is 9.38. The minimum Gasteiger partial charge on any atom is -0.367 e. The van der Waals surface area contributed by atoms with Crippen molar-refractivity contribution in [1.29, 1.82) is 0 Å². The van der Waals surface area contributed by atoms with Crippen LogP contribution in [-0.4, -0.2) is 42.9 Å². The van der Waals surface area contributed by atoms with Crippen molar-refractivity contribution in [3.63, 3.8) is 0 Å². The maximum absolute atomic E-state index is 12.9. The van der Waals surface area contributed by atoms with Gasteiger partial charge in [-0.25, -0.2) is 0 Å². The molecule has 0 unspecified atom stereocenters. The molecule has 3 aromatic rings. The summed E-state index contributed by atoms with van der Waals surface area (Å²) in [5, 5.41) is 3.48. The van der Waals surface area contributed by atoms with Gasteiger partial charge in [-0.15, -0.1) is 0 Å². The lowest BCUT2D eigenvalue weighted by Gasteiger charge is -2.36. The number of carbonyl (C=O) groups excluding carboxylic acids is 2. The average molecular weight is 560 g/mol. The Balaban J connectivity index is 1.39. The molecule has 164 valence electrons. The van der Waals surface area contributed by atoms with Crippen LogP contribution in [0.4, 0.5) is 11.4 Å². The molecule has 0 radical (unpaired) electrons. The first kappa shape index (κ1) is 22.6. The smallest absolute Gasteiger partial charge is 0.255 e. The highest BCUT2D eigenvalue weighted by Crippen LogP contribution is 2.30. The Morgan fingerprint density at radius 1 is 0.938 bits per heavy atom. The number of piperazine rings is 1. The van der Waals surface area contributed by atoms with Crippen molar-refractivity contribution in [1.82, 2.24) is 4.90 Å². The van der Waals surface area contributed by atoms with E-state index in [1.54, 1.807) is 12.1 Å². The summed E-state index contributed by atoms with van der Waals surface area (Å²) in [7, 11) is 0. The molecule has 0 atom stereocenters. The van der Waals surface area contributed by atoms with Gasteiger partial charge in [0, 0.05) is 46.6 Å². The fraction of sp³-hybridized carbons (Fsp3) is 0.200. The van der Waals surface area contributed by atoms with Gasteiger partial charge in [-0.05, 0) is 77.5 Å². The molecule has 1 aliphatic heterocycles. The zero-order valence-electron chi connectivity index (χ0n) is 17.6. The van der Waals surface area contributed by atoms with Crippen LogP contribution in [0.3, 0.4) is 0 Å². The number of benzene rings is 3. The Labute approximate surface area is 206 Å². The highest BCUT2D eigenvalue weighted by atomic mass is 127. The van der Waals surface area contributed by atoms with E-state index in [-0.39, 0.29) is 11.8 Å². The van der Waals surface area contributed by atoms with Gasteiger partial charge in [-0.2, -0.15) is 0 Å². The van der Waals surface area contributed by atoms with Crippen molar-refractivity contribution in [2.75, 3.05) is 36.4 Å². The summed E-state index contributed by atoms with van der Waals surface area (Å²) >= 11 is 8.74. The van der Waals surface area contributed by atoms with Gasteiger partial charge in [0.15, 0.2) is 0 Å². The summed E-state index contributed by atoms with van der Waals surface area (Å²) < 4.78 is 1.00. The summed E-state index contributed by atoms with van der Waals surface area (Å²) in [6.45, 7) is 4.63. The average Bonchev–Trinajstić information content (AvgIpc) is 2.79. The number of hydrogen-bond donors (Lipinski definition) is 1. The van der Waals surface area contributed by atoms with Crippen LogP contribution in [-0.2, 0) is 0 Å². The van der Waals surface area contributed by atoms with Crippen molar-refractivity contribution in [2.24, 2.45) is 0 Å². The fourth-order valence-corrected chi connectivity index (χ4v) is 4.65. The second-order valence-electron chi connectivity index (χ2n) is 7.72. The number of nitrogens with zero attached hydrogens (tertiary/aromatic N) is 2. The molecule has 0 bridgehead atoms. The topological polar surface area (TPSA) is 52.7 Å². The predicted molar refractivity (Wildman–Crippen MR) is 138 cm³/mol. The van der Waals surface area contributed by atoms with E-state index >= 15 is 0 Å². The van der Waals surface area contributed by atoms with E-state index in [2.05, 4.69) is 32.8 Å². The van der Waals surface area contributed by atoms with E-state index in [4.69, 9.17) is 11.6 Å². The summed E-state index contributed by atoms with van der Waals surface area (Å²) in [5.41, 5.74) is 3.91. The van der Waals surface area contributed by atoms with Gasteiger partial charge in [0.1, 0.15) is 0 Å². The molecule has 0 spiro atoms. The molecule has 1 N–H and O–H groups in total. The van der Waals surface area contributed by atoms with Crippen LogP contribution < -0.4 is 10.2 Å². The first-order valence-electron chi connectivity index (χ1n) is 10.4. The molecular formula is C25H23ClIN3O2. The molecule has 0 saturated carbocycles. The standard InChI is InChI=1S/C25H23ClIN3O2/c1-17-5-2-3-8-21(17)25(32)30-13-11-29(12-14-30)23-10-9-20(16-22(23)26)28-24(31)18-6-4-7-19(27)15-18/h2-10,15-16H,11-14H2,1H3,(H,28,31). The Bertz CT molecular complexity index is 1160. The minimum absolute atomic E-state index is 0.0717. The lowest BCUT2D eigenvalue weighted by atomic mass is 10.1. The third kappa shape index (κ3) is 5.07. The van der Waals surface area contributed by atoms with Gasteiger partial charge in [0.25, 0.3) is 11.8 Å². The van der Waals surface area contributed by atoms with Crippen LogP contribution in [0.1, 0.15) is 26.3 Å². The second kappa shape index (κ2) is 9.92. The number of aryl methyl sites for hydroxylation is 1. The van der Waals surface area contributed by atoms with Crippen molar-refractivity contribution in [3.8, 4) is 0 Å². The maximum Gasteiger partial charge on any atom is 0.255 e. The van der Waals surface area contributed by atoms with E-state index in [0.717, 1.165) is 20.4 Å². The first-order chi connectivity index (χ1) is 15.4. The fourth-order valence-electron chi connectivity index (χ4n) is 3.81. The molecule has 32 heavy (non-hydrogen) atoms. The quantitative estimate of drug-likeness (QED) is 0.432. The summed E-state index contributed by atoms with van der Waals surface area (Å²) in [6, 6.07) is 20.7. The van der Waals surface area contributed by atoms with Crippen molar-refractivity contribution in [2.45, 2.75) is 6.92 Å².